The summed E-state index contributed by atoms with van der Waals surface area (Å²) in [6.45, 7) is -0.00937. The number of hydrogen-bond acceptors (Lipinski definition) is 10. The van der Waals surface area contributed by atoms with E-state index in [4.69, 9.17) is 5.73 Å². The molecule has 1 aromatic rings. The monoisotopic (exact) mass is 584 g/mol. The molecule has 1 spiro atoms. The van der Waals surface area contributed by atoms with E-state index >= 15 is 4.39 Å². The Labute approximate surface area is 240 Å². The summed E-state index contributed by atoms with van der Waals surface area (Å²) in [6.07, 6.45) is 2.34. The van der Waals surface area contributed by atoms with E-state index < -0.39 is 92.9 Å². The molecule has 3 fully saturated rings. The van der Waals surface area contributed by atoms with Crippen LogP contribution in [0.4, 0.5) is 10.1 Å². The first-order valence-electron chi connectivity index (χ1n) is 14.1. The van der Waals surface area contributed by atoms with Crippen molar-refractivity contribution in [1.82, 2.24) is 9.80 Å². The van der Waals surface area contributed by atoms with Gasteiger partial charge in [0.05, 0.1) is 23.2 Å². The van der Waals surface area contributed by atoms with Crippen molar-refractivity contribution in [3.63, 3.8) is 0 Å². The van der Waals surface area contributed by atoms with E-state index in [1.807, 2.05) is 0 Å². The molecule has 4 aliphatic carbocycles. The van der Waals surface area contributed by atoms with Crippen LogP contribution in [0.15, 0.2) is 0 Å². The number of carbonyl (C=O) groups is 6. The third-order valence-corrected chi connectivity index (χ3v) is 10.5. The normalized spacial score (nSPS) is 34.0. The Morgan fingerprint density at radius 3 is 2.33 bits per heavy atom. The number of Topliss-reactive ketones (excluding diaryl/α,β-unsaturated/α-hetero) is 4. The molecule has 5 aliphatic rings. The standard InChI is InChI=1S/C29H33FN4O8/c1-33(2)20-14-9-11-8-12-16(21(35)15(11)24(38)29(14,42)25(39)17(23(20)37)26(31)40)22(36)19-13(18(12)30)10-34(3)28(27(41)32-19)6-4-5-7-28/h11,14-15,17,20,36,42H,4-10H2,1-3H3,(H2,31,40)(H,32,41)/t11-,14-,15?,17?,20-,29-/m0/s1. The number of nitrogens with two attached hydrogens (primary N) is 1. The zero-order chi connectivity index (χ0) is 30.6. The minimum absolute atomic E-state index is 0.00937. The predicted octanol–water partition coefficient (Wildman–Crippen LogP) is -0.297. The van der Waals surface area contributed by atoms with Crippen LogP contribution in [0.25, 0.3) is 0 Å². The lowest BCUT2D eigenvalue weighted by molar-refractivity contribution is -0.181. The van der Waals surface area contributed by atoms with Crippen LogP contribution in [-0.4, -0.2) is 93.3 Å². The number of rotatable bonds is 2. The van der Waals surface area contributed by atoms with Crippen LogP contribution in [0.5, 0.6) is 5.75 Å². The van der Waals surface area contributed by atoms with E-state index in [1.54, 1.807) is 11.9 Å². The second-order valence-corrected chi connectivity index (χ2v) is 12.7. The molecule has 0 aromatic heterocycles. The maximum atomic E-state index is 16.3. The number of aliphatic hydroxyl groups is 1. The van der Waals surface area contributed by atoms with Gasteiger partial charge in [0.1, 0.15) is 11.4 Å². The van der Waals surface area contributed by atoms with Gasteiger partial charge in [-0.25, -0.2) is 4.39 Å². The summed E-state index contributed by atoms with van der Waals surface area (Å²) < 4.78 is 16.3. The van der Waals surface area contributed by atoms with Gasteiger partial charge in [-0.05, 0) is 52.7 Å². The van der Waals surface area contributed by atoms with Crippen molar-refractivity contribution in [3.05, 3.63) is 22.5 Å². The summed E-state index contributed by atoms with van der Waals surface area (Å²) in [5.74, 6) is -13.6. The molecule has 2 amide bonds. The summed E-state index contributed by atoms with van der Waals surface area (Å²) in [5.41, 5.74) is 0.754. The highest BCUT2D eigenvalue weighted by Gasteiger charge is 2.69. The van der Waals surface area contributed by atoms with E-state index in [0.29, 0.717) is 12.8 Å². The number of likely N-dealkylation sites (N-methyl/N-ethyl adjacent to an activating group) is 2. The number of carbonyl (C=O) groups excluding carboxylic acids is 6. The molecule has 6 atom stereocenters. The van der Waals surface area contributed by atoms with Gasteiger partial charge in [0.15, 0.2) is 40.4 Å². The number of ketones is 4. The fourth-order valence-electron chi connectivity index (χ4n) is 8.40. The number of fused-ring (bicyclic) bond motifs is 4. The number of hydrogen-bond donors (Lipinski definition) is 4. The van der Waals surface area contributed by atoms with Crippen molar-refractivity contribution in [3.8, 4) is 5.75 Å². The van der Waals surface area contributed by atoms with Crippen LogP contribution in [0, 0.1) is 29.5 Å². The van der Waals surface area contributed by atoms with Crippen LogP contribution in [0.3, 0.4) is 0 Å². The first kappa shape index (κ1) is 28.6. The van der Waals surface area contributed by atoms with Crippen molar-refractivity contribution in [1.29, 1.82) is 0 Å². The number of primary amides is 1. The molecule has 224 valence electrons. The molecule has 0 radical (unpaired) electrons. The smallest absolute Gasteiger partial charge is 0.245 e. The third kappa shape index (κ3) is 3.44. The van der Waals surface area contributed by atoms with Crippen molar-refractivity contribution >= 4 is 40.6 Å². The Balaban J connectivity index is 1.47. The average Bonchev–Trinajstić information content (AvgIpc) is 3.38. The highest BCUT2D eigenvalue weighted by molar-refractivity contribution is 6.32. The zero-order valence-corrected chi connectivity index (χ0v) is 23.5. The molecule has 2 unspecified atom stereocenters. The first-order valence-corrected chi connectivity index (χ1v) is 14.1. The van der Waals surface area contributed by atoms with Crippen molar-refractivity contribution in [2.24, 2.45) is 29.4 Å². The van der Waals surface area contributed by atoms with Crippen LogP contribution in [0.2, 0.25) is 0 Å². The van der Waals surface area contributed by atoms with Crippen LogP contribution in [0.1, 0.15) is 53.6 Å². The second-order valence-electron chi connectivity index (χ2n) is 12.7. The highest BCUT2D eigenvalue weighted by Crippen LogP contribution is 2.53. The van der Waals surface area contributed by atoms with Gasteiger partial charge in [-0.3, -0.25) is 38.6 Å². The van der Waals surface area contributed by atoms with Gasteiger partial charge >= 0.3 is 0 Å². The van der Waals surface area contributed by atoms with Gasteiger partial charge in [-0.1, -0.05) is 12.8 Å². The van der Waals surface area contributed by atoms with Gasteiger partial charge in [0, 0.05) is 23.6 Å². The molecule has 3 saturated carbocycles. The fraction of sp³-hybridized carbons (Fsp3) is 0.586. The predicted molar refractivity (Wildman–Crippen MR) is 143 cm³/mol. The lowest BCUT2D eigenvalue weighted by Gasteiger charge is -2.52. The SMILES string of the molecule is CN(C)[C@@H]1C(=O)C(C(N)=O)C(=O)[C@@]2(O)C(=O)C3C(=O)c4c(O)c5c(c(F)c4C[C@H]3C[C@@H]12)CN(C)C1(CCCC1)C(=O)N5. The van der Waals surface area contributed by atoms with Gasteiger partial charge < -0.3 is 21.3 Å². The molecule has 13 heteroatoms. The molecular formula is C29H33FN4O8. The van der Waals surface area contributed by atoms with Crippen LogP contribution in [-0.2, 0) is 36.9 Å². The van der Waals surface area contributed by atoms with Crippen LogP contribution >= 0.6 is 0 Å². The number of aromatic hydroxyl groups is 1. The molecule has 0 bridgehead atoms. The lowest BCUT2D eigenvalue weighted by Crippen LogP contribution is -2.74. The molecule has 0 saturated heterocycles. The zero-order valence-electron chi connectivity index (χ0n) is 23.5. The number of amides is 2. The lowest BCUT2D eigenvalue weighted by atomic mass is 9.52. The van der Waals surface area contributed by atoms with E-state index in [0.717, 1.165) is 12.8 Å². The molecule has 1 aromatic carbocycles. The molecule has 1 aliphatic heterocycles. The molecule has 12 nitrogen and oxygen atoms in total. The van der Waals surface area contributed by atoms with Gasteiger partial charge in [-0.2, -0.15) is 0 Å². The quantitative estimate of drug-likeness (QED) is 0.266. The summed E-state index contributed by atoms with van der Waals surface area (Å²) in [5, 5.41) is 25.7. The maximum Gasteiger partial charge on any atom is 0.245 e. The van der Waals surface area contributed by atoms with Gasteiger partial charge in [0.2, 0.25) is 11.8 Å². The van der Waals surface area contributed by atoms with Crippen molar-refractivity contribution in [2.45, 2.75) is 62.3 Å². The number of nitrogens with zero attached hydrogens (tertiary/aromatic N) is 2. The van der Waals surface area contributed by atoms with Crippen LogP contribution < -0.4 is 11.1 Å². The number of benzene rings is 1. The first-order chi connectivity index (χ1) is 19.7. The van der Waals surface area contributed by atoms with E-state index in [9.17, 15) is 39.0 Å². The summed E-state index contributed by atoms with van der Waals surface area (Å²) in [6, 6.07) is -1.25. The second kappa shape index (κ2) is 9.22. The number of anilines is 1. The minimum atomic E-state index is -2.87. The number of nitrogens with one attached hydrogen (secondary N) is 1. The van der Waals surface area contributed by atoms with E-state index in [-0.39, 0.29) is 36.2 Å². The third-order valence-electron chi connectivity index (χ3n) is 10.5. The largest absolute Gasteiger partial charge is 0.505 e. The van der Waals surface area contributed by atoms with Crippen molar-refractivity contribution < 1.29 is 43.4 Å². The Kier molecular flexibility index (Phi) is 6.27. The van der Waals surface area contributed by atoms with Gasteiger partial charge in [0.25, 0.3) is 0 Å². The summed E-state index contributed by atoms with van der Waals surface area (Å²) in [4.78, 5) is 83.2. The van der Waals surface area contributed by atoms with Crippen molar-refractivity contribution in [2.75, 3.05) is 26.5 Å². The van der Waals surface area contributed by atoms with E-state index in [1.165, 1.54) is 19.0 Å². The average molecular weight is 585 g/mol. The number of phenols is 1. The van der Waals surface area contributed by atoms with Gasteiger partial charge in [-0.15, -0.1) is 0 Å². The molecule has 42 heavy (non-hydrogen) atoms. The number of phenolic OH excluding ortho intramolecular Hbond substituents is 1. The highest BCUT2D eigenvalue weighted by atomic mass is 19.1. The Morgan fingerprint density at radius 2 is 1.74 bits per heavy atom. The Hall–Kier alpha value is -3.55. The Bertz CT molecular complexity index is 1500. The maximum absolute atomic E-state index is 16.3. The molecule has 6 rings (SSSR count). The molecule has 5 N–H and O–H groups in total. The number of halogens is 1. The Morgan fingerprint density at radius 1 is 1.10 bits per heavy atom. The molecular weight excluding hydrogens is 551 g/mol. The fourth-order valence-corrected chi connectivity index (χ4v) is 8.40. The minimum Gasteiger partial charge on any atom is -0.505 e. The summed E-state index contributed by atoms with van der Waals surface area (Å²) in [7, 11) is 4.70. The molecule has 1 heterocycles. The van der Waals surface area contributed by atoms with E-state index in [2.05, 4.69) is 5.32 Å². The summed E-state index contributed by atoms with van der Waals surface area (Å²) >= 11 is 0. The topological polar surface area (TPSA) is 187 Å².